The highest BCUT2D eigenvalue weighted by molar-refractivity contribution is 5.89. The van der Waals surface area contributed by atoms with Crippen LogP contribution in [-0.4, -0.2) is 46.6 Å². The molecule has 1 aromatic rings. The van der Waals surface area contributed by atoms with Gasteiger partial charge in [-0.25, -0.2) is 4.79 Å². The van der Waals surface area contributed by atoms with E-state index in [0.717, 1.165) is 5.69 Å². The van der Waals surface area contributed by atoms with Crippen LogP contribution < -0.4 is 10.1 Å². The minimum atomic E-state index is -1.27. The van der Waals surface area contributed by atoms with Gasteiger partial charge in [0.1, 0.15) is 11.3 Å². The molecule has 1 amide bonds. The summed E-state index contributed by atoms with van der Waals surface area (Å²) in [5.41, 5.74) is -0.436. The molecule has 1 unspecified atom stereocenters. The number of aliphatic carboxylic acids is 1. The number of nitrogens with one attached hydrogen (secondary N) is 1. The maximum absolute atomic E-state index is 12.6. The van der Waals surface area contributed by atoms with Gasteiger partial charge in [0.25, 0.3) is 5.91 Å². The second-order valence-electron chi connectivity index (χ2n) is 5.43. The number of carboxylic acids is 1. The SMILES string of the molecule is CCN(C(=O)C1CNc2ccccc2O1)C(C)(C)C(=O)O. The van der Waals surface area contributed by atoms with Crippen LogP contribution in [0.1, 0.15) is 20.8 Å². The largest absolute Gasteiger partial charge is 0.480 e. The van der Waals surface area contributed by atoms with Gasteiger partial charge >= 0.3 is 5.97 Å². The summed E-state index contributed by atoms with van der Waals surface area (Å²) in [6.45, 7) is 5.41. The van der Waals surface area contributed by atoms with Crippen molar-refractivity contribution in [3.8, 4) is 5.75 Å². The van der Waals surface area contributed by atoms with E-state index in [0.29, 0.717) is 18.8 Å². The first-order valence-corrected chi connectivity index (χ1v) is 6.92. The zero-order valence-corrected chi connectivity index (χ0v) is 12.4. The first kappa shape index (κ1) is 15.2. The third-order valence-electron chi connectivity index (χ3n) is 3.69. The Hall–Kier alpha value is -2.24. The molecule has 0 saturated carbocycles. The molecule has 0 saturated heterocycles. The lowest BCUT2D eigenvalue weighted by molar-refractivity contribution is -0.159. The van der Waals surface area contributed by atoms with Gasteiger partial charge in [0.15, 0.2) is 6.10 Å². The number of hydrogen-bond acceptors (Lipinski definition) is 4. The summed E-state index contributed by atoms with van der Waals surface area (Å²) in [5.74, 6) is -0.764. The fourth-order valence-corrected chi connectivity index (χ4v) is 2.37. The molecule has 2 N–H and O–H groups in total. The molecule has 0 aliphatic carbocycles. The van der Waals surface area contributed by atoms with Crippen molar-refractivity contribution in [2.45, 2.75) is 32.4 Å². The number of benzene rings is 1. The van der Waals surface area contributed by atoms with Gasteiger partial charge in [0.05, 0.1) is 12.2 Å². The van der Waals surface area contributed by atoms with Crippen molar-refractivity contribution >= 4 is 17.6 Å². The number of carbonyl (C=O) groups excluding carboxylic acids is 1. The van der Waals surface area contributed by atoms with Gasteiger partial charge in [-0.05, 0) is 32.9 Å². The average Bonchev–Trinajstić information content (AvgIpc) is 2.46. The molecule has 6 heteroatoms. The molecule has 114 valence electrons. The van der Waals surface area contributed by atoms with Crippen molar-refractivity contribution in [1.82, 2.24) is 4.90 Å². The number of para-hydroxylation sites is 2. The highest BCUT2D eigenvalue weighted by atomic mass is 16.5. The van der Waals surface area contributed by atoms with Gasteiger partial charge in [-0.15, -0.1) is 0 Å². The van der Waals surface area contributed by atoms with Gasteiger partial charge < -0.3 is 20.1 Å². The van der Waals surface area contributed by atoms with E-state index in [9.17, 15) is 14.7 Å². The molecule has 1 atom stereocenters. The van der Waals surface area contributed by atoms with E-state index < -0.39 is 17.6 Å². The van der Waals surface area contributed by atoms with Crippen LogP contribution in [0.5, 0.6) is 5.75 Å². The molecular weight excluding hydrogens is 272 g/mol. The predicted molar refractivity (Wildman–Crippen MR) is 78.4 cm³/mol. The Labute approximate surface area is 123 Å². The molecule has 21 heavy (non-hydrogen) atoms. The lowest BCUT2D eigenvalue weighted by atomic mass is 10.0. The fraction of sp³-hybridized carbons (Fsp3) is 0.467. The van der Waals surface area contributed by atoms with E-state index in [-0.39, 0.29) is 5.91 Å². The number of anilines is 1. The quantitative estimate of drug-likeness (QED) is 0.880. The number of carbonyl (C=O) groups is 2. The molecular formula is C15H20N2O4. The second-order valence-corrected chi connectivity index (χ2v) is 5.43. The number of amides is 1. The molecule has 0 fully saturated rings. The number of fused-ring (bicyclic) bond motifs is 1. The van der Waals surface area contributed by atoms with Crippen LogP contribution in [0.2, 0.25) is 0 Å². The minimum Gasteiger partial charge on any atom is -0.480 e. The van der Waals surface area contributed by atoms with Crippen molar-refractivity contribution in [2.75, 3.05) is 18.4 Å². The molecule has 1 aromatic carbocycles. The molecule has 1 aliphatic heterocycles. The fourth-order valence-electron chi connectivity index (χ4n) is 2.37. The highest BCUT2D eigenvalue weighted by Gasteiger charge is 2.41. The predicted octanol–water partition coefficient (Wildman–Crippen LogP) is 1.57. The van der Waals surface area contributed by atoms with Crippen molar-refractivity contribution in [1.29, 1.82) is 0 Å². The monoisotopic (exact) mass is 292 g/mol. The summed E-state index contributed by atoms with van der Waals surface area (Å²) in [4.78, 5) is 25.3. The summed E-state index contributed by atoms with van der Waals surface area (Å²) in [6.07, 6.45) is -0.724. The molecule has 6 nitrogen and oxygen atoms in total. The summed E-state index contributed by atoms with van der Waals surface area (Å²) in [7, 11) is 0. The Balaban J connectivity index is 2.19. The number of carboxylic acid groups (broad SMARTS) is 1. The zero-order chi connectivity index (χ0) is 15.6. The normalized spacial score (nSPS) is 17.2. The average molecular weight is 292 g/mol. The minimum absolute atomic E-state index is 0.305. The zero-order valence-electron chi connectivity index (χ0n) is 12.4. The van der Waals surface area contributed by atoms with Crippen LogP contribution in [-0.2, 0) is 9.59 Å². The van der Waals surface area contributed by atoms with Gasteiger partial charge in [-0.3, -0.25) is 4.79 Å². The number of rotatable bonds is 4. The molecule has 1 aliphatic rings. The molecule has 1 heterocycles. The van der Waals surface area contributed by atoms with E-state index in [4.69, 9.17) is 4.74 Å². The van der Waals surface area contributed by atoms with Gasteiger partial charge in [-0.1, -0.05) is 12.1 Å². The summed E-state index contributed by atoms with van der Waals surface area (Å²) in [5, 5.41) is 12.4. The Kier molecular flexibility index (Phi) is 4.06. The number of hydrogen-bond donors (Lipinski definition) is 2. The van der Waals surface area contributed by atoms with E-state index in [1.807, 2.05) is 18.2 Å². The third-order valence-corrected chi connectivity index (χ3v) is 3.69. The first-order chi connectivity index (χ1) is 9.87. The van der Waals surface area contributed by atoms with Crippen molar-refractivity contribution in [2.24, 2.45) is 0 Å². The number of ether oxygens (including phenoxy) is 1. The topological polar surface area (TPSA) is 78.9 Å². The maximum Gasteiger partial charge on any atom is 0.329 e. The lowest BCUT2D eigenvalue weighted by Gasteiger charge is -2.37. The van der Waals surface area contributed by atoms with E-state index in [2.05, 4.69) is 5.32 Å². The van der Waals surface area contributed by atoms with Crippen molar-refractivity contribution in [3.05, 3.63) is 24.3 Å². The van der Waals surface area contributed by atoms with E-state index in [1.54, 1.807) is 13.0 Å². The van der Waals surface area contributed by atoms with Crippen LogP contribution in [0.4, 0.5) is 5.69 Å². The Morgan fingerprint density at radius 1 is 1.43 bits per heavy atom. The van der Waals surface area contributed by atoms with Crippen LogP contribution >= 0.6 is 0 Å². The Morgan fingerprint density at radius 2 is 2.10 bits per heavy atom. The van der Waals surface area contributed by atoms with E-state index >= 15 is 0 Å². The molecule has 0 aromatic heterocycles. The summed E-state index contributed by atoms with van der Waals surface area (Å²) < 4.78 is 5.70. The van der Waals surface area contributed by atoms with Crippen LogP contribution in [0.15, 0.2) is 24.3 Å². The van der Waals surface area contributed by atoms with Crippen LogP contribution in [0.25, 0.3) is 0 Å². The van der Waals surface area contributed by atoms with E-state index in [1.165, 1.54) is 18.7 Å². The first-order valence-electron chi connectivity index (χ1n) is 6.92. The maximum atomic E-state index is 12.6. The van der Waals surface area contributed by atoms with Gasteiger partial charge in [-0.2, -0.15) is 0 Å². The van der Waals surface area contributed by atoms with Gasteiger partial charge in [0.2, 0.25) is 0 Å². The Morgan fingerprint density at radius 3 is 2.71 bits per heavy atom. The van der Waals surface area contributed by atoms with Crippen molar-refractivity contribution in [3.63, 3.8) is 0 Å². The van der Waals surface area contributed by atoms with Crippen LogP contribution in [0.3, 0.4) is 0 Å². The van der Waals surface area contributed by atoms with Crippen LogP contribution in [0, 0.1) is 0 Å². The lowest BCUT2D eigenvalue weighted by Crippen LogP contribution is -2.58. The second kappa shape index (κ2) is 5.63. The third kappa shape index (κ3) is 2.79. The van der Waals surface area contributed by atoms with Gasteiger partial charge in [0, 0.05) is 6.54 Å². The molecule has 0 radical (unpaired) electrons. The Bertz CT molecular complexity index is 556. The summed E-state index contributed by atoms with van der Waals surface area (Å²) >= 11 is 0. The number of nitrogens with zero attached hydrogens (tertiary/aromatic N) is 1. The summed E-state index contributed by atoms with van der Waals surface area (Å²) in [6, 6.07) is 7.35. The standard InChI is InChI=1S/C15H20N2O4/c1-4-17(15(2,3)14(19)20)13(18)12-9-16-10-7-5-6-8-11(10)21-12/h5-8,12,16H,4,9H2,1-3H3,(H,19,20). The number of likely N-dealkylation sites (N-methyl/N-ethyl adjacent to an activating group) is 1. The highest BCUT2D eigenvalue weighted by Crippen LogP contribution is 2.29. The molecule has 2 rings (SSSR count). The smallest absolute Gasteiger partial charge is 0.329 e. The van der Waals surface area contributed by atoms with Crippen molar-refractivity contribution < 1.29 is 19.4 Å². The molecule has 0 bridgehead atoms. The molecule has 0 spiro atoms.